The molecule has 1 aromatic carbocycles. The van der Waals surface area contributed by atoms with Crippen LogP contribution < -0.4 is 14.4 Å². The number of rotatable bonds is 2. The molecule has 1 saturated heterocycles. The molecule has 0 bridgehead atoms. The number of nitrogens with zero attached hydrogens (tertiary/aromatic N) is 1. The van der Waals surface area contributed by atoms with Gasteiger partial charge in [0.15, 0.2) is 0 Å². The molecule has 2 aliphatic heterocycles. The lowest BCUT2D eigenvalue weighted by Gasteiger charge is -2.27. The van der Waals surface area contributed by atoms with Crippen LogP contribution in [0.25, 0.3) is 0 Å². The Morgan fingerprint density at radius 1 is 1.48 bits per heavy atom. The molecule has 2 atom stereocenters. The molecule has 0 saturated carbocycles. The molecule has 6 nitrogen and oxygen atoms in total. The Balaban J connectivity index is 2.12. The van der Waals surface area contributed by atoms with Crippen LogP contribution in [0.3, 0.4) is 0 Å². The van der Waals surface area contributed by atoms with Crippen molar-refractivity contribution < 1.29 is 18.3 Å². The SMILES string of the molecule is C[C@@H]1COc2cccc(N3CCC[C@H]3CO)c2S(=O)(=O)N1. The fourth-order valence-corrected chi connectivity index (χ4v) is 4.60. The van der Waals surface area contributed by atoms with Crippen LogP contribution in [0, 0.1) is 0 Å². The second-order valence-corrected chi connectivity index (χ2v) is 7.26. The number of fused-ring (bicyclic) bond motifs is 1. The molecule has 21 heavy (non-hydrogen) atoms. The second-order valence-electron chi connectivity index (χ2n) is 5.61. The second kappa shape index (κ2) is 5.47. The van der Waals surface area contributed by atoms with Gasteiger partial charge in [-0.3, -0.25) is 0 Å². The van der Waals surface area contributed by atoms with E-state index in [4.69, 9.17) is 4.74 Å². The van der Waals surface area contributed by atoms with Crippen LogP contribution in [0.5, 0.6) is 5.75 Å². The molecular weight excluding hydrogens is 292 g/mol. The third-order valence-electron chi connectivity index (χ3n) is 3.97. The number of ether oxygens (including phenoxy) is 1. The number of hydrogen-bond donors (Lipinski definition) is 2. The average Bonchev–Trinajstić information content (AvgIpc) is 2.88. The van der Waals surface area contributed by atoms with E-state index in [1.54, 1.807) is 25.1 Å². The summed E-state index contributed by atoms with van der Waals surface area (Å²) in [6.45, 7) is 2.84. The normalized spacial score (nSPS) is 27.8. The lowest BCUT2D eigenvalue weighted by atomic mass is 10.2. The minimum atomic E-state index is -3.63. The minimum Gasteiger partial charge on any atom is -0.490 e. The van der Waals surface area contributed by atoms with Crippen molar-refractivity contribution in [2.45, 2.75) is 36.7 Å². The molecule has 2 N–H and O–H groups in total. The molecule has 7 heteroatoms. The van der Waals surface area contributed by atoms with E-state index in [1.165, 1.54) is 0 Å². The first-order chi connectivity index (χ1) is 10.0. The zero-order chi connectivity index (χ0) is 15.0. The largest absolute Gasteiger partial charge is 0.490 e. The third kappa shape index (κ3) is 2.61. The van der Waals surface area contributed by atoms with Crippen LogP contribution in [0.15, 0.2) is 23.1 Å². The maximum Gasteiger partial charge on any atom is 0.246 e. The molecule has 116 valence electrons. The van der Waals surface area contributed by atoms with Crippen LogP contribution in [0.1, 0.15) is 19.8 Å². The van der Waals surface area contributed by atoms with Crippen LogP contribution in [-0.2, 0) is 10.0 Å². The Labute approximate surface area is 124 Å². The van der Waals surface area contributed by atoms with Crippen LogP contribution in [0.2, 0.25) is 0 Å². The van der Waals surface area contributed by atoms with Gasteiger partial charge in [0.2, 0.25) is 10.0 Å². The zero-order valence-corrected chi connectivity index (χ0v) is 12.8. The Bertz CT molecular complexity index is 632. The van der Waals surface area contributed by atoms with Gasteiger partial charge in [-0.2, -0.15) is 0 Å². The summed E-state index contributed by atoms with van der Waals surface area (Å²) in [4.78, 5) is 2.16. The maximum absolute atomic E-state index is 12.6. The van der Waals surface area contributed by atoms with E-state index in [-0.39, 0.29) is 23.6 Å². The molecule has 2 aliphatic rings. The van der Waals surface area contributed by atoms with Crippen molar-refractivity contribution in [3.05, 3.63) is 18.2 Å². The van der Waals surface area contributed by atoms with Crippen LogP contribution >= 0.6 is 0 Å². The first-order valence-electron chi connectivity index (χ1n) is 7.18. The molecule has 1 aromatic rings. The van der Waals surface area contributed by atoms with Crippen molar-refractivity contribution in [2.75, 3.05) is 24.7 Å². The smallest absolute Gasteiger partial charge is 0.246 e. The molecule has 0 aliphatic carbocycles. The minimum absolute atomic E-state index is 0.0222. The summed E-state index contributed by atoms with van der Waals surface area (Å²) in [5.41, 5.74) is 0.616. The average molecular weight is 312 g/mol. The number of aliphatic hydroxyl groups is 1. The van der Waals surface area contributed by atoms with Gasteiger partial charge in [0.1, 0.15) is 17.3 Å². The summed E-state index contributed by atoms with van der Waals surface area (Å²) in [6.07, 6.45) is 1.81. The van der Waals surface area contributed by atoms with E-state index in [1.807, 2.05) is 4.90 Å². The molecule has 0 aromatic heterocycles. The van der Waals surface area contributed by atoms with E-state index in [0.717, 1.165) is 19.4 Å². The highest BCUT2D eigenvalue weighted by Crippen LogP contribution is 2.38. The van der Waals surface area contributed by atoms with Crippen molar-refractivity contribution >= 4 is 15.7 Å². The number of hydrogen-bond acceptors (Lipinski definition) is 5. The first kappa shape index (κ1) is 14.6. The predicted octanol–water partition coefficient (Wildman–Crippen LogP) is 0.707. The van der Waals surface area contributed by atoms with E-state index >= 15 is 0 Å². The van der Waals surface area contributed by atoms with Crippen LogP contribution in [-0.4, -0.2) is 45.4 Å². The van der Waals surface area contributed by atoms with Gasteiger partial charge in [-0.1, -0.05) is 6.07 Å². The fraction of sp³-hybridized carbons (Fsp3) is 0.571. The predicted molar refractivity (Wildman–Crippen MR) is 79.2 cm³/mol. The summed E-state index contributed by atoms with van der Waals surface area (Å²) in [6, 6.07) is 4.95. The Morgan fingerprint density at radius 2 is 2.29 bits per heavy atom. The van der Waals surface area contributed by atoms with E-state index in [9.17, 15) is 13.5 Å². The highest BCUT2D eigenvalue weighted by atomic mass is 32.2. The molecular formula is C14H20N2O4S. The summed E-state index contributed by atoms with van der Waals surface area (Å²) < 4.78 is 33.5. The number of sulfonamides is 1. The molecule has 0 amide bonds. The quantitative estimate of drug-likeness (QED) is 0.841. The van der Waals surface area contributed by atoms with Gasteiger partial charge in [-0.25, -0.2) is 13.1 Å². The Kier molecular flexibility index (Phi) is 3.81. The lowest BCUT2D eigenvalue weighted by Crippen LogP contribution is -2.36. The molecule has 0 spiro atoms. The van der Waals surface area contributed by atoms with Gasteiger partial charge in [0.05, 0.1) is 24.4 Å². The molecule has 0 radical (unpaired) electrons. The third-order valence-corrected chi connectivity index (χ3v) is 5.63. The van der Waals surface area contributed by atoms with Gasteiger partial charge in [-0.05, 0) is 31.9 Å². The number of benzene rings is 1. The van der Waals surface area contributed by atoms with Crippen molar-refractivity contribution in [3.63, 3.8) is 0 Å². The summed E-state index contributed by atoms with van der Waals surface area (Å²) in [7, 11) is -3.63. The molecule has 3 rings (SSSR count). The monoisotopic (exact) mass is 312 g/mol. The highest BCUT2D eigenvalue weighted by molar-refractivity contribution is 7.89. The Hall–Kier alpha value is -1.31. The van der Waals surface area contributed by atoms with Gasteiger partial charge >= 0.3 is 0 Å². The summed E-state index contributed by atoms with van der Waals surface area (Å²) in [5, 5.41) is 9.49. The van der Waals surface area contributed by atoms with Gasteiger partial charge in [0, 0.05) is 6.54 Å². The van der Waals surface area contributed by atoms with E-state index < -0.39 is 10.0 Å². The fourth-order valence-electron chi connectivity index (χ4n) is 3.03. The van der Waals surface area contributed by atoms with Crippen molar-refractivity contribution in [3.8, 4) is 5.75 Å². The number of aliphatic hydroxyl groups excluding tert-OH is 1. The van der Waals surface area contributed by atoms with E-state index in [0.29, 0.717) is 18.0 Å². The highest BCUT2D eigenvalue weighted by Gasteiger charge is 2.34. The first-order valence-corrected chi connectivity index (χ1v) is 8.67. The maximum atomic E-state index is 12.6. The Morgan fingerprint density at radius 3 is 3.05 bits per heavy atom. The molecule has 0 unspecified atom stereocenters. The number of anilines is 1. The van der Waals surface area contributed by atoms with Gasteiger partial charge < -0.3 is 14.7 Å². The lowest BCUT2D eigenvalue weighted by molar-refractivity contribution is 0.265. The summed E-state index contributed by atoms with van der Waals surface area (Å²) >= 11 is 0. The summed E-state index contributed by atoms with van der Waals surface area (Å²) in [5.74, 6) is 0.382. The van der Waals surface area contributed by atoms with Crippen molar-refractivity contribution in [2.24, 2.45) is 0 Å². The van der Waals surface area contributed by atoms with Crippen LogP contribution in [0.4, 0.5) is 5.69 Å². The molecule has 2 heterocycles. The van der Waals surface area contributed by atoms with E-state index in [2.05, 4.69) is 4.72 Å². The standard InChI is InChI=1S/C14H20N2O4S/c1-10-9-20-13-6-2-5-12(14(13)21(18,19)15-10)16-7-3-4-11(16)8-17/h2,5-6,10-11,15,17H,3-4,7-9H2,1H3/t10-,11+/m1/s1. The van der Waals surface area contributed by atoms with Gasteiger partial charge in [0.25, 0.3) is 0 Å². The van der Waals surface area contributed by atoms with Gasteiger partial charge in [-0.15, -0.1) is 0 Å². The number of nitrogens with one attached hydrogen (secondary N) is 1. The van der Waals surface area contributed by atoms with Crippen molar-refractivity contribution in [1.82, 2.24) is 4.72 Å². The topological polar surface area (TPSA) is 78.9 Å². The van der Waals surface area contributed by atoms with Crippen molar-refractivity contribution in [1.29, 1.82) is 0 Å². The molecule has 1 fully saturated rings. The zero-order valence-electron chi connectivity index (χ0n) is 11.9.